The summed E-state index contributed by atoms with van der Waals surface area (Å²) >= 11 is 0. The molecule has 0 N–H and O–H groups in total. The lowest BCUT2D eigenvalue weighted by atomic mass is 9.85. The van der Waals surface area contributed by atoms with Crippen LogP contribution >= 0.6 is 0 Å². The summed E-state index contributed by atoms with van der Waals surface area (Å²) < 4.78 is 37.6. The Hall–Kier alpha value is -4.59. The van der Waals surface area contributed by atoms with Crippen molar-refractivity contribution < 1.29 is 18.3 Å². The van der Waals surface area contributed by atoms with E-state index in [1.165, 1.54) is 72.5 Å². The number of rotatable bonds is 7. The minimum atomic E-state index is -0.609. The summed E-state index contributed by atoms with van der Waals surface area (Å²) in [6.07, 6.45) is 10.9. The molecule has 0 spiro atoms. The molecule has 8 heteroatoms. The van der Waals surface area contributed by atoms with Crippen LogP contribution in [0.1, 0.15) is 59.5 Å². The molecule has 0 amide bonds. The number of hydrogen-bond acceptors (Lipinski definition) is 4. The molecule has 5 aromatic rings. The van der Waals surface area contributed by atoms with E-state index in [1.807, 2.05) is 18.3 Å². The number of benzene rings is 2. The minimum Gasteiger partial charge on any atom is -0.452 e. The maximum atomic E-state index is 15.2. The second-order valence-corrected chi connectivity index (χ2v) is 10.2. The van der Waals surface area contributed by atoms with Gasteiger partial charge in [-0.15, -0.1) is 0 Å². The molecule has 2 aromatic carbocycles. The smallest absolute Gasteiger partial charge is 0.265 e. The third-order valence-corrected chi connectivity index (χ3v) is 7.50. The number of carbonyl (C=O) groups is 1. The van der Waals surface area contributed by atoms with Gasteiger partial charge in [0.15, 0.2) is 23.1 Å². The van der Waals surface area contributed by atoms with Crippen molar-refractivity contribution in [3.8, 4) is 17.2 Å². The largest absolute Gasteiger partial charge is 0.452 e. The van der Waals surface area contributed by atoms with Crippen molar-refractivity contribution in [1.29, 1.82) is 0 Å². The number of fused-ring (bicyclic) bond motifs is 1. The van der Waals surface area contributed by atoms with Crippen molar-refractivity contribution in [1.82, 2.24) is 14.2 Å². The summed E-state index contributed by atoms with van der Waals surface area (Å²) in [7, 11) is 0. The molecule has 0 radical (unpaired) electrons. The van der Waals surface area contributed by atoms with Gasteiger partial charge < -0.3 is 4.74 Å². The van der Waals surface area contributed by atoms with Gasteiger partial charge in [0.05, 0.1) is 11.8 Å². The lowest BCUT2D eigenvalue weighted by Gasteiger charge is -2.22. The zero-order chi connectivity index (χ0) is 27.6. The first kappa shape index (κ1) is 25.7. The fraction of sp³-hybridized carbons (Fsp3) is 0.219. The van der Waals surface area contributed by atoms with E-state index < -0.39 is 23.0 Å². The minimum absolute atomic E-state index is 0.0322. The Morgan fingerprint density at radius 2 is 1.75 bits per heavy atom. The highest BCUT2D eigenvalue weighted by atomic mass is 19.1. The fourth-order valence-electron chi connectivity index (χ4n) is 5.40. The molecule has 6 nitrogen and oxygen atoms in total. The summed E-state index contributed by atoms with van der Waals surface area (Å²) in [6, 6.07) is 16.6. The molecule has 40 heavy (non-hydrogen) atoms. The van der Waals surface area contributed by atoms with E-state index in [4.69, 9.17) is 4.74 Å². The monoisotopic (exact) mass is 539 g/mol. The van der Waals surface area contributed by atoms with Crippen molar-refractivity contribution in [3.63, 3.8) is 0 Å². The quantitative estimate of drug-likeness (QED) is 0.208. The van der Waals surface area contributed by atoms with Crippen LogP contribution in [-0.4, -0.2) is 20.0 Å². The molecular weight excluding hydrogens is 512 g/mol. The van der Waals surface area contributed by atoms with Crippen molar-refractivity contribution >= 4 is 11.3 Å². The Labute approximate surface area is 229 Å². The first-order valence-electron chi connectivity index (χ1n) is 13.4. The molecule has 3 heterocycles. The van der Waals surface area contributed by atoms with Crippen LogP contribution in [0.15, 0.2) is 90.1 Å². The number of nitrogens with zero attached hydrogens (tertiary/aromatic N) is 3. The van der Waals surface area contributed by atoms with Crippen molar-refractivity contribution in [2.24, 2.45) is 0 Å². The molecule has 3 aromatic heterocycles. The van der Waals surface area contributed by atoms with Crippen molar-refractivity contribution in [3.05, 3.63) is 124 Å². The normalized spacial score (nSPS) is 13.9. The Kier molecular flexibility index (Phi) is 6.99. The van der Waals surface area contributed by atoms with Crippen LogP contribution in [0, 0.1) is 11.6 Å². The highest BCUT2D eigenvalue weighted by Crippen LogP contribution is 2.37. The van der Waals surface area contributed by atoms with Gasteiger partial charge in [-0.25, -0.2) is 13.3 Å². The molecule has 1 aliphatic rings. The first-order chi connectivity index (χ1) is 19.5. The molecule has 0 aliphatic heterocycles. The second kappa shape index (κ2) is 10.9. The summed E-state index contributed by atoms with van der Waals surface area (Å²) in [5.74, 6) is -0.496. The third kappa shape index (κ3) is 5.17. The predicted octanol–water partition coefficient (Wildman–Crippen LogP) is 7.03. The van der Waals surface area contributed by atoms with Gasteiger partial charge >= 0.3 is 0 Å². The van der Waals surface area contributed by atoms with Gasteiger partial charge in [-0.3, -0.25) is 14.2 Å². The number of ketones is 1. The van der Waals surface area contributed by atoms with Gasteiger partial charge in [-0.05, 0) is 90.6 Å². The second-order valence-electron chi connectivity index (χ2n) is 10.2. The zero-order valence-electron chi connectivity index (χ0n) is 21.7. The van der Waals surface area contributed by atoms with Crippen LogP contribution in [0.2, 0.25) is 0 Å². The topological polar surface area (TPSA) is 65.6 Å². The Bertz CT molecular complexity index is 1750. The van der Waals surface area contributed by atoms with E-state index in [-0.39, 0.29) is 17.7 Å². The molecule has 0 saturated heterocycles. The summed E-state index contributed by atoms with van der Waals surface area (Å²) in [5.41, 5.74) is 2.16. The molecular formula is C32H27F2N3O3. The van der Waals surface area contributed by atoms with Crippen LogP contribution in [0.25, 0.3) is 11.2 Å². The van der Waals surface area contributed by atoms with Crippen molar-refractivity contribution in [2.45, 2.75) is 44.4 Å². The number of pyridine rings is 2. The molecule has 1 aliphatic carbocycles. The lowest BCUT2D eigenvalue weighted by molar-refractivity contribution is 0.0991. The number of halogens is 2. The fourth-order valence-corrected chi connectivity index (χ4v) is 5.40. The van der Waals surface area contributed by atoms with E-state index in [2.05, 4.69) is 5.10 Å². The van der Waals surface area contributed by atoms with Crippen LogP contribution < -0.4 is 10.3 Å². The predicted molar refractivity (Wildman–Crippen MR) is 148 cm³/mol. The number of carbonyl (C=O) groups excluding carboxylic acids is 1. The number of aromatic nitrogens is 3. The van der Waals surface area contributed by atoms with Gasteiger partial charge in [0.25, 0.3) is 5.56 Å². The molecule has 202 valence electrons. The van der Waals surface area contributed by atoms with Gasteiger partial charge in [-0.1, -0.05) is 25.3 Å². The third-order valence-electron chi connectivity index (χ3n) is 7.50. The molecule has 1 fully saturated rings. The zero-order valence-corrected chi connectivity index (χ0v) is 21.7. The molecule has 1 saturated carbocycles. The van der Waals surface area contributed by atoms with Crippen LogP contribution in [0.4, 0.5) is 8.78 Å². The highest BCUT2D eigenvalue weighted by molar-refractivity contribution is 5.97. The summed E-state index contributed by atoms with van der Waals surface area (Å²) in [5, 5.41) is 4.37. The molecule has 0 bridgehead atoms. The summed E-state index contributed by atoms with van der Waals surface area (Å²) in [4.78, 5) is 26.0. The Morgan fingerprint density at radius 3 is 2.52 bits per heavy atom. The Balaban J connectivity index is 1.22. The average Bonchev–Trinajstić information content (AvgIpc) is 3.45. The summed E-state index contributed by atoms with van der Waals surface area (Å²) in [6.45, 7) is 0. The van der Waals surface area contributed by atoms with Gasteiger partial charge in [0.2, 0.25) is 0 Å². The van der Waals surface area contributed by atoms with E-state index in [0.29, 0.717) is 22.9 Å². The standard InChI is InChI=1S/C32H27F2N3O3/c33-24-9-11-25(12-10-24)36-16-4-7-26(32(36)39)29(38)18-21-8-13-30(27(34)17-21)40-31-19-23(22-5-2-1-3-6-22)20-37-28(31)14-15-35-37/h4,7-17,19-20,22H,1-3,5-6,18H2. The van der Waals surface area contributed by atoms with Crippen LogP contribution in [0.3, 0.4) is 0 Å². The van der Waals surface area contributed by atoms with E-state index in [0.717, 1.165) is 23.9 Å². The van der Waals surface area contributed by atoms with Gasteiger partial charge in [0.1, 0.15) is 11.3 Å². The van der Waals surface area contributed by atoms with Crippen LogP contribution in [0.5, 0.6) is 11.5 Å². The number of hydrogen-bond donors (Lipinski definition) is 0. The highest BCUT2D eigenvalue weighted by Gasteiger charge is 2.20. The molecule has 6 rings (SSSR count). The Morgan fingerprint density at radius 1 is 0.950 bits per heavy atom. The lowest BCUT2D eigenvalue weighted by Crippen LogP contribution is -2.25. The SMILES string of the molecule is O=C(Cc1ccc(Oc2cc(C3CCCCC3)cn3nccc23)c(F)c1)c1cccn(-c2ccc(F)cc2)c1=O. The maximum Gasteiger partial charge on any atom is 0.265 e. The first-order valence-corrected chi connectivity index (χ1v) is 13.4. The van der Waals surface area contributed by atoms with Gasteiger partial charge in [0, 0.05) is 24.5 Å². The number of ether oxygens (including phenoxy) is 1. The van der Waals surface area contributed by atoms with Gasteiger partial charge in [-0.2, -0.15) is 5.10 Å². The van der Waals surface area contributed by atoms with Crippen LogP contribution in [-0.2, 0) is 6.42 Å². The molecule has 0 atom stereocenters. The van der Waals surface area contributed by atoms with E-state index >= 15 is 4.39 Å². The van der Waals surface area contributed by atoms with E-state index in [1.54, 1.807) is 22.8 Å². The van der Waals surface area contributed by atoms with E-state index in [9.17, 15) is 14.0 Å². The average molecular weight is 540 g/mol. The van der Waals surface area contributed by atoms with Crippen molar-refractivity contribution in [2.75, 3.05) is 0 Å². The maximum absolute atomic E-state index is 15.2. The molecule has 0 unspecified atom stereocenters. The number of Topliss-reactive ketones (excluding diaryl/α,β-unsaturated/α-hetero) is 1.